The van der Waals surface area contributed by atoms with Gasteiger partial charge < -0.3 is 9.73 Å². The molecular weight excluding hydrogens is 212 g/mol. The molecule has 1 aliphatic rings. The van der Waals surface area contributed by atoms with Crippen LogP contribution >= 0.6 is 0 Å². The number of hydrogen-bond donors (Lipinski definition) is 1. The van der Waals surface area contributed by atoms with Crippen LogP contribution in [0.5, 0.6) is 0 Å². The van der Waals surface area contributed by atoms with Crippen LogP contribution < -0.4 is 5.32 Å². The van der Waals surface area contributed by atoms with E-state index in [9.17, 15) is 8.78 Å². The van der Waals surface area contributed by atoms with E-state index in [1.54, 1.807) is 0 Å². The van der Waals surface area contributed by atoms with Crippen molar-refractivity contribution in [1.29, 1.82) is 0 Å². The fraction of sp³-hybridized carbons (Fsp3) is 0.333. The summed E-state index contributed by atoms with van der Waals surface area (Å²) in [5.74, 6) is -0.952. The summed E-state index contributed by atoms with van der Waals surface area (Å²) >= 11 is 0. The Labute approximate surface area is 91.2 Å². The summed E-state index contributed by atoms with van der Waals surface area (Å²) in [6, 6.07) is 2.74. The lowest BCUT2D eigenvalue weighted by molar-refractivity contribution is 0.552. The maximum atomic E-state index is 13.5. The lowest BCUT2D eigenvalue weighted by Crippen LogP contribution is -2.15. The maximum Gasteiger partial charge on any atom is 0.172 e. The first-order valence-electron chi connectivity index (χ1n) is 5.33. The van der Waals surface area contributed by atoms with Gasteiger partial charge in [0.25, 0.3) is 0 Å². The predicted octanol–water partition coefficient (Wildman–Crippen LogP) is 2.96. The molecule has 0 radical (unpaired) electrons. The SMILES string of the molecule is Fc1ccc(F)c2c(CNC3CC3)coc12. The normalized spacial score (nSPS) is 15.9. The molecule has 0 bridgehead atoms. The van der Waals surface area contributed by atoms with Gasteiger partial charge in [0.1, 0.15) is 5.82 Å². The van der Waals surface area contributed by atoms with E-state index in [-0.39, 0.29) is 11.0 Å². The first-order valence-corrected chi connectivity index (χ1v) is 5.33. The van der Waals surface area contributed by atoms with E-state index in [1.165, 1.54) is 6.26 Å². The molecule has 0 spiro atoms. The van der Waals surface area contributed by atoms with E-state index >= 15 is 0 Å². The standard InChI is InChI=1S/C12H11F2NO/c13-9-3-4-10(14)12-11(9)7(6-16-12)5-15-8-1-2-8/h3-4,6,8,15H,1-2,5H2. The highest BCUT2D eigenvalue weighted by Crippen LogP contribution is 2.27. The molecule has 84 valence electrons. The van der Waals surface area contributed by atoms with Crippen molar-refractivity contribution in [2.24, 2.45) is 0 Å². The smallest absolute Gasteiger partial charge is 0.172 e. The Morgan fingerprint density at radius 3 is 2.75 bits per heavy atom. The van der Waals surface area contributed by atoms with Crippen LogP contribution in [-0.4, -0.2) is 6.04 Å². The maximum absolute atomic E-state index is 13.5. The van der Waals surface area contributed by atoms with Crippen LogP contribution in [0.4, 0.5) is 8.78 Å². The molecule has 1 fully saturated rings. The van der Waals surface area contributed by atoms with Gasteiger partial charge in [-0.05, 0) is 25.0 Å². The fourth-order valence-electron chi connectivity index (χ4n) is 1.81. The second kappa shape index (κ2) is 3.56. The second-order valence-electron chi connectivity index (χ2n) is 4.15. The van der Waals surface area contributed by atoms with Gasteiger partial charge in [-0.3, -0.25) is 0 Å². The highest BCUT2D eigenvalue weighted by Gasteiger charge is 2.21. The van der Waals surface area contributed by atoms with E-state index < -0.39 is 11.6 Å². The van der Waals surface area contributed by atoms with Gasteiger partial charge in [-0.2, -0.15) is 0 Å². The zero-order valence-electron chi connectivity index (χ0n) is 8.59. The topological polar surface area (TPSA) is 25.2 Å². The van der Waals surface area contributed by atoms with E-state index in [4.69, 9.17) is 4.42 Å². The summed E-state index contributed by atoms with van der Waals surface area (Å²) in [4.78, 5) is 0. The Kier molecular flexibility index (Phi) is 2.17. The molecule has 1 saturated carbocycles. The van der Waals surface area contributed by atoms with Crippen molar-refractivity contribution in [2.45, 2.75) is 25.4 Å². The van der Waals surface area contributed by atoms with Crippen LogP contribution in [0.25, 0.3) is 11.0 Å². The zero-order chi connectivity index (χ0) is 11.1. The van der Waals surface area contributed by atoms with Gasteiger partial charge in [0, 0.05) is 18.2 Å². The third kappa shape index (κ3) is 1.59. The van der Waals surface area contributed by atoms with Gasteiger partial charge in [0.15, 0.2) is 11.4 Å². The number of fused-ring (bicyclic) bond motifs is 1. The summed E-state index contributed by atoms with van der Waals surface area (Å²) in [7, 11) is 0. The summed E-state index contributed by atoms with van der Waals surface area (Å²) in [5.41, 5.74) is 0.687. The minimum atomic E-state index is -0.519. The fourth-order valence-corrected chi connectivity index (χ4v) is 1.81. The number of nitrogens with one attached hydrogen (secondary N) is 1. The van der Waals surface area contributed by atoms with Gasteiger partial charge in [-0.15, -0.1) is 0 Å². The van der Waals surface area contributed by atoms with Crippen molar-refractivity contribution in [3.8, 4) is 0 Å². The Hall–Kier alpha value is -1.42. The minimum Gasteiger partial charge on any atom is -0.461 e. The lowest BCUT2D eigenvalue weighted by atomic mass is 10.1. The van der Waals surface area contributed by atoms with Crippen molar-refractivity contribution in [1.82, 2.24) is 5.32 Å². The van der Waals surface area contributed by atoms with E-state index in [1.807, 2.05) is 0 Å². The molecule has 3 rings (SSSR count). The first-order chi connectivity index (χ1) is 7.75. The summed E-state index contributed by atoms with van der Waals surface area (Å²) in [5, 5.41) is 3.51. The molecule has 1 aromatic carbocycles. The first kappa shape index (κ1) is 9.78. The monoisotopic (exact) mass is 223 g/mol. The van der Waals surface area contributed by atoms with Crippen LogP contribution in [0.1, 0.15) is 18.4 Å². The highest BCUT2D eigenvalue weighted by atomic mass is 19.1. The molecule has 1 heterocycles. The Morgan fingerprint density at radius 1 is 1.25 bits per heavy atom. The highest BCUT2D eigenvalue weighted by molar-refractivity contribution is 5.82. The van der Waals surface area contributed by atoms with E-state index in [0.29, 0.717) is 18.2 Å². The van der Waals surface area contributed by atoms with Crippen LogP contribution in [0.15, 0.2) is 22.8 Å². The van der Waals surface area contributed by atoms with E-state index in [0.717, 1.165) is 25.0 Å². The van der Waals surface area contributed by atoms with Crippen molar-refractivity contribution in [3.63, 3.8) is 0 Å². The van der Waals surface area contributed by atoms with Crippen LogP contribution in [0, 0.1) is 11.6 Å². The second-order valence-corrected chi connectivity index (χ2v) is 4.15. The molecule has 16 heavy (non-hydrogen) atoms. The number of benzene rings is 1. The number of rotatable bonds is 3. The largest absolute Gasteiger partial charge is 0.461 e. The Balaban J connectivity index is 2.00. The summed E-state index contributed by atoms with van der Waals surface area (Å²) < 4.78 is 31.9. The van der Waals surface area contributed by atoms with Gasteiger partial charge >= 0.3 is 0 Å². The molecule has 4 heteroatoms. The van der Waals surface area contributed by atoms with E-state index in [2.05, 4.69) is 5.32 Å². The van der Waals surface area contributed by atoms with Crippen molar-refractivity contribution >= 4 is 11.0 Å². The average molecular weight is 223 g/mol. The molecule has 2 nitrogen and oxygen atoms in total. The third-order valence-corrected chi connectivity index (χ3v) is 2.86. The average Bonchev–Trinajstić information content (AvgIpc) is 3.00. The van der Waals surface area contributed by atoms with Crippen molar-refractivity contribution in [2.75, 3.05) is 0 Å². The Bertz CT molecular complexity index is 531. The molecule has 0 amide bonds. The quantitative estimate of drug-likeness (QED) is 0.865. The van der Waals surface area contributed by atoms with Crippen molar-refractivity contribution < 1.29 is 13.2 Å². The predicted molar refractivity (Wildman–Crippen MR) is 56.0 cm³/mol. The molecule has 1 aromatic heterocycles. The summed E-state index contributed by atoms with van der Waals surface area (Å²) in [6.07, 6.45) is 3.74. The third-order valence-electron chi connectivity index (χ3n) is 2.86. The Morgan fingerprint density at radius 2 is 2.00 bits per heavy atom. The molecule has 1 aliphatic carbocycles. The van der Waals surface area contributed by atoms with Gasteiger partial charge in [-0.25, -0.2) is 8.78 Å². The lowest BCUT2D eigenvalue weighted by Gasteiger charge is -2.00. The summed E-state index contributed by atoms with van der Waals surface area (Å²) in [6.45, 7) is 0.526. The molecule has 0 atom stereocenters. The molecule has 0 aliphatic heterocycles. The number of halogens is 2. The zero-order valence-corrected chi connectivity index (χ0v) is 8.59. The van der Waals surface area contributed by atoms with Crippen LogP contribution in [-0.2, 0) is 6.54 Å². The minimum absolute atomic E-state index is 0.00703. The number of furan rings is 1. The molecule has 1 N–H and O–H groups in total. The van der Waals surface area contributed by atoms with Gasteiger partial charge in [0.2, 0.25) is 0 Å². The molecule has 2 aromatic rings. The van der Waals surface area contributed by atoms with Crippen LogP contribution in [0.2, 0.25) is 0 Å². The molecule has 0 saturated heterocycles. The van der Waals surface area contributed by atoms with Crippen LogP contribution in [0.3, 0.4) is 0 Å². The van der Waals surface area contributed by atoms with Crippen molar-refractivity contribution in [3.05, 3.63) is 35.6 Å². The molecule has 0 unspecified atom stereocenters. The number of hydrogen-bond acceptors (Lipinski definition) is 2. The van der Waals surface area contributed by atoms with Gasteiger partial charge in [0.05, 0.1) is 11.6 Å². The molecular formula is C12H11F2NO. The van der Waals surface area contributed by atoms with Gasteiger partial charge in [-0.1, -0.05) is 0 Å².